The lowest BCUT2D eigenvalue weighted by atomic mass is 10.2. The summed E-state index contributed by atoms with van der Waals surface area (Å²) in [5.41, 5.74) is -0.268. The van der Waals surface area contributed by atoms with Gasteiger partial charge in [0.1, 0.15) is 17.2 Å². The average Bonchev–Trinajstić information content (AvgIpc) is 2.29. The number of hydrogen-bond acceptors (Lipinski definition) is 2. The second-order valence-corrected chi connectivity index (χ2v) is 6.26. The third kappa shape index (κ3) is 6.71. The van der Waals surface area contributed by atoms with E-state index in [2.05, 4.69) is 21.2 Å². The lowest BCUT2D eigenvalue weighted by Gasteiger charge is -2.19. The highest BCUT2D eigenvalue weighted by Crippen LogP contribution is 2.23. The largest absolute Gasteiger partial charge is 0.444 e. The Hall–Kier alpha value is -1.43. The molecular weight excluding hydrogens is 344 g/mol. The van der Waals surface area contributed by atoms with Gasteiger partial charge in [-0.1, -0.05) is 12.2 Å². The maximum absolute atomic E-state index is 13.5. The molecule has 0 heterocycles. The maximum Gasteiger partial charge on any atom is 0.407 e. The molecule has 0 aliphatic rings. The lowest BCUT2D eigenvalue weighted by Crippen LogP contribution is -2.32. The second-order valence-electron chi connectivity index (χ2n) is 5.40. The van der Waals surface area contributed by atoms with E-state index in [0.29, 0.717) is 17.4 Å². The van der Waals surface area contributed by atoms with Crippen LogP contribution in [0.2, 0.25) is 0 Å². The molecule has 3 nitrogen and oxygen atoms in total. The zero-order valence-electron chi connectivity index (χ0n) is 12.2. The van der Waals surface area contributed by atoms with Crippen LogP contribution >= 0.6 is 15.9 Å². The summed E-state index contributed by atoms with van der Waals surface area (Å²) in [7, 11) is 0. The normalized spacial score (nSPS) is 11.7. The van der Waals surface area contributed by atoms with Gasteiger partial charge < -0.3 is 10.1 Å². The van der Waals surface area contributed by atoms with Gasteiger partial charge in [0, 0.05) is 22.6 Å². The lowest BCUT2D eigenvalue weighted by molar-refractivity contribution is 0.0529. The van der Waals surface area contributed by atoms with Crippen molar-refractivity contribution in [2.75, 3.05) is 6.54 Å². The third-order valence-corrected chi connectivity index (χ3v) is 2.96. The molecule has 1 aromatic rings. The zero-order valence-corrected chi connectivity index (χ0v) is 13.8. The molecule has 0 unspecified atom stereocenters. The molecule has 1 N–H and O–H groups in total. The minimum absolute atomic E-state index is 0.272. The van der Waals surface area contributed by atoms with Crippen molar-refractivity contribution in [2.45, 2.75) is 32.8 Å². The number of benzene rings is 1. The average molecular weight is 362 g/mol. The van der Waals surface area contributed by atoms with Gasteiger partial charge in [-0.05, 0) is 49.2 Å². The summed E-state index contributed by atoms with van der Waals surface area (Å²) >= 11 is 3.10. The summed E-state index contributed by atoms with van der Waals surface area (Å²) in [6.45, 7) is 5.70. The molecule has 0 aliphatic heterocycles. The number of alkyl carbamates (subject to hydrolysis) is 1. The fraction of sp³-hybridized carbons (Fsp3) is 0.400. The van der Waals surface area contributed by atoms with Crippen molar-refractivity contribution in [2.24, 2.45) is 0 Å². The Morgan fingerprint density at radius 1 is 1.38 bits per heavy atom. The Balaban J connectivity index is 2.45. The van der Waals surface area contributed by atoms with Crippen molar-refractivity contribution < 1.29 is 18.3 Å². The van der Waals surface area contributed by atoms with Crippen molar-refractivity contribution in [1.82, 2.24) is 5.32 Å². The SMILES string of the molecule is CC(C)(C)OC(=O)NCCC=Cc1c(F)cc(F)cc1Br. The Morgan fingerprint density at radius 2 is 2.05 bits per heavy atom. The van der Waals surface area contributed by atoms with E-state index in [1.54, 1.807) is 26.8 Å². The molecule has 1 rings (SSSR count). The molecule has 0 saturated carbocycles. The van der Waals surface area contributed by atoms with E-state index in [1.807, 2.05) is 0 Å². The molecule has 1 amide bonds. The number of ether oxygens (including phenoxy) is 1. The Labute approximate surface area is 131 Å². The predicted octanol–water partition coefficient (Wildman–Crippen LogP) is 4.66. The van der Waals surface area contributed by atoms with E-state index < -0.39 is 23.3 Å². The van der Waals surface area contributed by atoms with Crippen LogP contribution < -0.4 is 5.32 Å². The van der Waals surface area contributed by atoms with Crippen LogP contribution in [0.25, 0.3) is 6.08 Å². The van der Waals surface area contributed by atoms with Gasteiger partial charge in [-0.15, -0.1) is 0 Å². The molecule has 0 aliphatic carbocycles. The Kier molecular flexibility index (Phi) is 6.33. The third-order valence-electron chi connectivity index (χ3n) is 2.31. The van der Waals surface area contributed by atoms with E-state index in [0.717, 1.165) is 6.07 Å². The minimum atomic E-state index is -0.641. The molecular formula is C15H18BrF2NO2. The van der Waals surface area contributed by atoms with Crippen LogP contribution in [0.5, 0.6) is 0 Å². The first-order valence-corrected chi connectivity index (χ1v) is 7.26. The summed E-state index contributed by atoms with van der Waals surface area (Å²) in [5, 5.41) is 2.59. The standard InChI is InChI=1S/C15H18BrF2NO2/c1-15(2,3)21-14(20)19-7-5-4-6-11-12(16)8-10(17)9-13(11)18/h4,6,8-9H,5,7H2,1-3H3,(H,19,20). The Morgan fingerprint density at radius 3 is 2.62 bits per heavy atom. The summed E-state index contributed by atoms with van der Waals surface area (Å²) in [6.07, 6.45) is 3.24. The fourth-order valence-electron chi connectivity index (χ4n) is 1.49. The van der Waals surface area contributed by atoms with E-state index in [4.69, 9.17) is 4.74 Å². The highest BCUT2D eigenvalue weighted by molar-refractivity contribution is 9.10. The first-order chi connectivity index (χ1) is 9.69. The van der Waals surface area contributed by atoms with Gasteiger partial charge in [-0.3, -0.25) is 0 Å². The van der Waals surface area contributed by atoms with E-state index >= 15 is 0 Å². The molecule has 0 aromatic heterocycles. The van der Waals surface area contributed by atoms with Crippen molar-refractivity contribution in [3.8, 4) is 0 Å². The summed E-state index contributed by atoms with van der Waals surface area (Å²) in [5.74, 6) is -1.28. The van der Waals surface area contributed by atoms with Crippen LogP contribution in [0.1, 0.15) is 32.8 Å². The van der Waals surface area contributed by atoms with Crippen LogP contribution in [-0.2, 0) is 4.74 Å². The molecule has 1 aromatic carbocycles. The van der Waals surface area contributed by atoms with Crippen LogP contribution in [0, 0.1) is 11.6 Å². The topological polar surface area (TPSA) is 38.3 Å². The monoisotopic (exact) mass is 361 g/mol. The van der Waals surface area contributed by atoms with Crippen LogP contribution in [0.15, 0.2) is 22.7 Å². The second kappa shape index (κ2) is 7.54. The summed E-state index contributed by atoms with van der Waals surface area (Å²) in [6, 6.07) is 2.02. The molecule has 6 heteroatoms. The van der Waals surface area contributed by atoms with E-state index in [1.165, 1.54) is 12.1 Å². The number of hydrogen-bond donors (Lipinski definition) is 1. The number of carbonyl (C=O) groups is 1. The smallest absolute Gasteiger partial charge is 0.407 e. The van der Waals surface area contributed by atoms with Gasteiger partial charge in [0.25, 0.3) is 0 Å². The molecule has 0 spiro atoms. The van der Waals surface area contributed by atoms with Gasteiger partial charge in [-0.25, -0.2) is 13.6 Å². The molecule has 0 atom stereocenters. The van der Waals surface area contributed by atoms with Crippen LogP contribution in [0.3, 0.4) is 0 Å². The van der Waals surface area contributed by atoms with Crippen LogP contribution in [-0.4, -0.2) is 18.2 Å². The quantitative estimate of drug-likeness (QED) is 0.792. The molecule has 0 bridgehead atoms. The van der Waals surface area contributed by atoms with Gasteiger partial charge in [0.15, 0.2) is 0 Å². The van der Waals surface area contributed by atoms with Crippen molar-refractivity contribution in [3.63, 3.8) is 0 Å². The highest BCUT2D eigenvalue weighted by Gasteiger charge is 2.15. The molecule has 116 valence electrons. The van der Waals surface area contributed by atoms with E-state index in [-0.39, 0.29) is 5.56 Å². The van der Waals surface area contributed by atoms with Gasteiger partial charge >= 0.3 is 6.09 Å². The number of rotatable bonds is 4. The highest BCUT2D eigenvalue weighted by atomic mass is 79.9. The molecule has 0 radical (unpaired) electrons. The first-order valence-electron chi connectivity index (χ1n) is 6.47. The summed E-state index contributed by atoms with van der Waals surface area (Å²) in [4.78, 5) is 11.4. The van der Waals surface area contributed by atoms with Gasteiger partial charge in [0.2, 0.25) is 0 Å². The van der Waals surface area contributed by atoms with E-state index in [9.17, 15) is 13.6 Å². The zero-order chi connectivity index (χ0) is 16.0. The number of nitrogens with one attached hydrogen (secondary N) is 1. The Bertz CT molecular complexity index is 516. The van der Waals surface area contributed by atoms with Crippen molar-refractivity contribution in [1.29, 1.82) is 0 Å². The van der Waals surface area contributed by atoms with Crippen LogP contribution in [0.4, 0.5) is 13.6 Å². The molecule has 21 heavy (non-hydrogen) atoms. The van der Waals surface area contributed by atoms with Gasteiger partial charge in [-0.2, -0.15) is 0 Å². The fourth-order valence-corrected chi connectivity index (χ4v) is 2.03. The number of halogens is 3. The molecule has 0 saturated heterocycles. The summed E-state index contributed by atoms with van der Waals surface area (Å²) < 4.78 is 31.9. The van der Waals surface area contributed by atoms with Crippen molar-refractivity contribution in [3.05, 3.63) is 39.9 Å². The minimum Gasteiger partial charge on any atom is -0.444 e. The molecule has 0 fully saturated rings. The number of carbonyl (C=O) groups excluding carboxylic acids is 1. The van der Waals surface area contributed by atoms with Crippen molar-refractivity contribution >= 4 is 28.1 Å². The first kappa shape index (κ1) is 17.6. The number of amides is 1. The maximum atomic E-state index is 13.5. The predicted molar refractivity (Wildman–Crippen MR) is 81.9 cm³/mol. The van der Waals surface area contributed by atoms with Gasteiger partial charge in [0.05, 0.1) is 0 Å².